The molecule has 6 heteroatoms. The van der Waals surface area contributed by atoms with Crippen molar-refractivity contribution in [1.29, 1.82) is 0 Å². The van der Waals surface area contributed by atoms with Crippen LogP contribution < -0.4 is 0 Å². The lowest BCUT2D eigenvalue weighted by Crippen LogP contribution is -2.44. The Morgan fingerprint density at radius 1 is 1.19 bits per heavy atom. The van der Waals surface area contributed by atoms with Crippen LogP contribution in [0.25, 0.3) is 22.2 Å². The second-order valence-corrected chi connectivity index (χ2v) is 6.40. The number of fused-ring (bicyclic) bond motifs is 1. The summed E-state index contributed by atoms with van der Waals surface area (Å²) in [5.74, 6) is -0.159. The Hall–Kier alpha value is -2.83. The topological polar surface area (TPSA) is 75.6 Å². The first-order valence-electron chi connectivity index (χ1n) is 8.48. The Morgan fingerprint density at radius 3 is 2.69 bits per heavy atom. The van der Waals surface area contributed by atoms with Gasteiger partial charge in [0.05, 0.1) is 42.1 Å². The fourth-order valence-electron chi connectivity index (χ4n) is 3.27. The molecule has 0 spiro atoms. The Morgan fingerprint density at radius 2 is 1.96 bits per heavy atom. The lowest BCUT2D eigenvalue weighted by Gasteiger charge is -2.26. The molecule has 1 amide bonds. The smallest absolute Gasteiger partial charge is 0.254 e. The fourth-order valence-corrected chi connectivity index (χ4v) is 3.27. The number of aromatic nitrogens is 2. The van der Waals surface area contributed by atoms with Crippen molar-refractivity contribution in [3.8, 4) is 11.3 Å². The minimum Gasteiger partial charge on any atom is -0.388 e. The first-order valence-corrected chi connectivity index (χ1v) is 8.48. The SMILES string of the molecule is CN(C(=O)c1cc(-c2ccncc2)nc2ccccc12)[C@@H]1COC[C@H]1O. The van der Waals surface area contributed by atoms with Gasteiger partial charge in [0.1, 0.15) is 0 Å². The maximum absolute atomic E-state index is 13.2. The number of rotatable bonds is 3. The Bertz CT molecular complexity index is 945. The Balaban J connectivity index is 1.81. The van der Waals surface area contributed by atoms with E-state index in [4.69, 9.17) is 4.74 Å². The Labute approximate surface area is 151 Å². The molecule has 1 N–H and O–H groups in total. The average Bonchev–Trinajstić information content (AvgIpc) is 3.12. The van der Waals surface area contributed by atoms with Crippen molar-refractivity contribution in [2.24, 2.45) is 0 Å². The van der Waals surface area contributed by atoms with E-state index in [1.807, 2.05) is 36.4 Å². The highest BCUT2D eigenvalue weighted by Gasteiger charge is 2.33. The number of hydrogen-bond acceptors (Lipinski definition) is 5. The summed E-state index contributed by atoms with van der Waals surface area (Å²) in [6.45, 7) is 0.589. The number of hydrogen-bond donors (Lipinski definition) is 1. The van der Waals surface area contributed by atoms with Crippen LogP contribution in [0.5, 0.6) is 0 Å². The van der Waals surface area contributed by atoms with Gasteiger partial charge in [-0.1, -0.05) is 18.2 Å². The van der Waals surface area contributed by atoms with Crippen molar-refractivity contribution in [1.82, 2.24) is 14.9 Å². The molecule has 1 aromatic carbocycles. The molecular formula is C20H19N3O3. The molecule has 1 fully saturated rings. The summed E-state index contributed by atoms with van der Waals surface area (Å²) < 4.78 is 5.29. The summed E-state index contributed by atoms with van der Waals surface area (Å²) in [6, 6.07) is 12.8. The molecule has 4 rings (SSSR count). The number of aliphatic hydroxyl groups excluding tert-OH is 1. The van der Waals surface area contributed by atoms with Crippen molar-refractivity contribution < 1.29 is 14.6 Å². The van der Waals surface area contributed by atoms with Gasteiger partial charge in [0.15, 0.2) is 0 Å². The summed E-state index contributed by atoms with van der Waals surface area (Å²) >= 11 is 0. The Kier molecular flexibility index (Phi) is 4.36. The average molecular weight is 349 g/mol. The monoisotopic (exact) mass is 349 g/mol. The van der Waals surface area contributed by atoms with Crippen LogP contribution in [0.1, 0.15) is 10.4 Å². The largest absolute Gasteiger partial charge is 0.388 e. The van der Waals surface area contributed by atoms with Crippen molar-refractivity contribution in [2.45, 2.75) is 12.1 Å². The minimum absolute atomic E-state index is 0.159. The van der Waals surface area contributed by atoms with Crippen molar-refractivity contribution >= 4 is 16.8 Å². The predicted molar refractivity (Wildman–Crippen MR) is 97.7 cm³/mol. The van der Waals surface area contributed by atoms with Gasteiger partial charge in [0.25, 0.3) is 5.91 Å². The minimum atomic E-state index is -0.670. The summed E-state index contributed by atoms with van der Waals surface area (Å²) in [5, 5.41) is 10.9. The number of benzene rings is 1. The number of carbonyl (C=O) groups excluding carboxylic acids is 1. The number of amides is 1. The van der Waals surface area contributed by atoms with E-state index in [2.05, 4.69) is 9.97 Å². The summed E-state index contributed by atoms with van der Waals surface area (Å²) in [5.41, 5.74) is 2.92. The van der Waals surface area contributed by atoms with E-state index in [0.717, 1.165) is 16.5 Å². The summed E-state index contributed by atoms with van der Waals surface area (Å²) in [7, 11) is 1.70. The third-order valence-corrected chi connectivity index (χ3v) is 4.76. The molecule has 3 heterocycles. The molecule has 1 aliphatic heterocycles. The molecular weight excluding hydrogens is 330 g/mol. The van der Waals surface area contributed by atoms with Crippen LogP contribution in [0.2, 0.25) is 0 Å². The lowest BCUT2D eigenvalue weighted by atomic mass is 10.0. The molecule has 1 saturated heterocycles. The van der Waals surface area contributed by atoms with Gasteiger partial charge in [-0.05, 0) is 24.3 Å². The number of pyridine rings is 2. The molecule has 2 atom stereocenters. The van der Waals surface area contributed by atoms with E-state index in [1.54, 1.807) is 30.4 Å². The van der Waals surface area contributed by atoms with Crippen LogP contribution in [0.3, 0.4) is 0 Å². The van der Waals surface area contributed by atoms with Gasteiger partial charge in [-0.25, -0.2) is 4.98 Å². The number of carbonyl (C=O) groups is 1. The summed E-state index contributed by atoms with van der Waals surface area (Å²) in [6.07, 6.45) is 2.73. The molecule has 26 heavy (non-hydrogen) atoms. The molecule has 6 nitrogen and oxygen atoms in total. The van der Waals surface area contributed by atoms with Gasteiger partial charge in [0.2, 0.25) is 0 Å². The van der Waals surface area contributed by atoms with Crippen LogP contribution in [-0.4, -0.2) is 58.3 Å². The second-order valence-electron chi connectivity index (χ2n) is 6.40. The lowest BCUT2D eigenvalue weighted by molar-refractivity contribution is 0.0583. The molecule has 1 aliphatic rings. The highest BCUT2D eigenvalue weighted by Crippen LogP contribution is 2.26. The zero-order valence-electron chi connectivity index (χ0n) is 14.4. The summed E-state index contributed by atoms with van der Waals surface area (Å²) in [4.78, 5) is 23.5. The van der Waals surface area contributed by atoms with Gasteiger partial charge in [-0.2, -0.15) is 0 Å². The maximum atomic E-state index is 13.2. The van der Waals surface area contributed by atoms with Crippen LogP contribution in [-0.2, 0) is 4.74 Å². The maximum Gasteiger partial charge on any atom is 0.254 e. The van der Waals surface area contributed by atoms with Gasteiger partial charge < -0.3 is 14.7 Å². The van der Waals surface area contributed by atoms with Gasteiger partial charge in [0, 0.05) is 30.4 Å². The third-order valence-electron chi connectivity index (χ3n) is 4.76. The number of ether oxygens (including phenoxy) is 1. The van der Waals surface area contributed by atoms with Crippen LogP contribution in [0.15, 0.2) is 54.9 Å². The highest BCUT2D eigenvalue weighted by atomic mass is 16.5. The zero-order chi connectivity index (χ0) is 18.1. The first-order chi connectivity index (χ1) is 12.6. The molecule has 0 unspecified atom stereocenters. The van der Waals surface area contributed by atoms with E-state index in [0.29, 0.717) is 17.9 Å². The number of para-hydroxylation sites is 1. The van der Waals surface area contributed by atoms with E-state index >= 15 is 0 Å². The van der Waals surface area contributed by atoms with Gasteiger partial charge >= 0.3 is 0 Å². The molecule has 3 aromatic rings. The van der Waals surface area contributed by atoms with E-state index < -0.39 is 6.10 Å². The third kappa shape index (κ3) is 2.94. The van der Waals surface area contributed by atoms with Gasteiger partial charge in [-0.15, -0.1) is 0 Å². The van der Waals surface area contributed by atoms with E-state index in [1.165, 1.54) is 0 Å². The standard InChI is InChI=1S/C20H19N3O3/c1-23(18-11-26-12-19(18)24)20(25)15-10-17(13-6-8-21-9-7-13)22-16-5-3-2-4-14(15)16/h2-10,18-19,24H,11-12H2,1H3/t18-,19-/m1/s1. The quantitative estimate of drug-likeness (QED) is 0.784. The normalized spacial score (nSPS) is 19.6. The predicted octanol–water partition coefficient (Wildman–Crippen LogP) is 2.13. The molecule has 0 bridgehead atoms. The second kappa shape index (κ2) is 6.82. The van der Waals surface area contributed by atoms with Crippen LogP contribution in [0, 0.1) is 0 Å². The van der Waals surface area contributed by atoms with E-state index in [-0.39, 0.29) is 18.6 Å². The van der Waals surface area contributed by atoms with Crippen LogP contribution >= 0.6 is 0 Å². The van der Waals surface area contributed by atoms with Crippen molar-refractivity contribution in [3.05, 3.63) is 60.4 Å². The van der Waals surface area contributed by atoms with Crippen LogP contribution in [0.4, 0.5) is 0 Å². The molecule has 2 aromatic heterocycles. The van der Waals surface area contributed by atoms with Crippen molar-refractivity contribution in [2.75, 3.05) is 20.3 Å². The van der Waals surface area contributed by atoms with E-state index in [9.17, 15) is 9.90 Å². The number of nitrogens with zero attached hydrogens (tertiary/aromatic N) is 3. The number of aliphatic hydroxyl groups is 1. The highest BCUT2D eigenvalue weighted by molar-refractivity contribution is 6.07. The first kappa shape index (κ1) is 16.6. The molecule has 0 aliphatic carbocycles. The fraction of sp³-hybridized carbons (Fsp3) is 0.250. The zero-order valence-corrected chi connectivity index (χ0v) is 14.4. The number of likely N-dealkylation sites (N-methyl/N-ethyl adjacent to an activating group) is 1. The van der Waals surface area contributed by atoms with Crippen molar-refractivity contribution in [3.63, 3.8) is 0 Å². The molecule has 0 radical (unpaired) electrons. The molecule has 132 valence electrons. The van der Waals surface area contributed by atoms with Gasteiger partial charge in [-0.3, -0.25) is 9.78 Å². The molecule has 0 saturated carbocycles.